The maximum Gasteiger partial charge on any atom is 0.240 e. The van der Waals surface area contributed by atoms with E-state index in [0.29, 0.717) is 25.6 Å². The first kappa shape index (κ1) is 13.7. The van der Waals surface area contributed by atoms with Gasteiger partial charge in [0.05, 0.1) is 13.2 Å². The molecule has 6 heteroatoms. The third-order valence-electron chi connectivity index (χ3n) is 4.17. The minimum absolute atomic E-state index is 0.283. The molecule has 1 aromatic heterocycles. The van der Waals surface area contributed by atoms with E-state index in [4.69, 9.17) is 14.0 Å². The van der Waals surface area contributed by atoms with Crippen LogP contribution in [0.25, 0.3) is 0 Å². The molecule has 116 valence electrons. The number of ether oxygens (including phenoxy) is 2. The van der Waals surface area contributed by atoms with Crippen LogP contribution in [0.4, 0.5) is 0 Å². The fourth-order valence-electron chi connectivity index (χ4n) is 2.94. The largest absolute Gasteiger partial charge is 0.492 e. The van der Waals surface area contributed by atoms with Crippen molar-refractivity contribution in [3.63, 3.8) is 0 Å². The normalized spacial score (nSPS) is 22.1. The third-order valence-corrected chi connectivity index (χ3v) is 4.17. The molecule has 4 rings (SSSR count). The van der Waals surface area contributed by atoms with Crippen LogP contribution in [0.2, 0.25) is 0 Å². The maximum atomic E-state index is 5.78. The molecule has 0 spiro atoms. The summed E-state index contributed by atoms with van der Waals surface area (Å²) in [6, 6.07) is 8.16. The molecule has 2 aliphatic rings. The van der Waals surface area contributed by atoms with Gasteiger partial charge < -0.3 is 14.0 Å². The Balaban J connectivity index is 1.45. The maximum absolute atomic E-state index is 5.78. The molecule has 6 nitrogen and oxygen atoms in total. The molecule has 0 radical (unpaired) electrons. The van der Waals surface area contributed by atoms with Crippen molar-refractivity contribution in [1.82, 2.24) is 15.0 Å². The van der Waals surface area contributed by atoms with E-state index < -0.39 is 0 Å². The van der Waals surface area contributed by atoms with Crippen LogP contribution in [0.5, 0.6) is 5.75 Å². The van der Waals surface area contributed by atoms with Crippen molar-refractivity contribution in [3.8, 4) is 5.75 Å². The molecule has 1 aromatic carbocycles. The van der Waals surface area contributed by atoms with Gasteiger partial charge in [-0.15, -0.1) is 0 Å². The van der Waals surface area contributed by atoms with Crippen LogP contribution >= 0.6 is 0 Å². The Morgan fingerprint density at radius 3 is 3.09 bits per heavy atom. The number of rotatable bonds is 3. The monoisotopic (exact) mass is 301 g/mol. The predicted octanol–water partition coefficient (Wildman–Crippen LogP) is 1.97. The average molecular weight is 301 g/mol. The Morgan fingerprint density at radius 1 is 1.23 bits per heavy atom. The van der Waals surface area contributed by atoms with Gasteiger partial charge in [-0.25, -0.2) is 0 Å². The highest BCUT2D eigenvalue weighted by Gasteiger charge is 2.24. The first-order valence-corrected chi connectivity index (χ1v) is 7.72. The van der Waals surface area contributed by atoms with Crippen LogP contribution in [0.1, 0.15) is 29.6 Å². The van der Waals surface area contributed by atoms with E-state index in [1.165, 1.54) is 5.56 Å². The van der Waals surface area contributed by atoms with Gasteiger partial charge in [0.2, 0.25) is 5.89 Å². The highest BCUT2D eigenvalue weighted by molar-refractivity contribution is 5.33. The first-order chi connectivity index (χ1) is 10.9. The molecule has 1 saturated heterocycles. The first-order valence-electron chi connectivity index (χ1n) is 7.72. The van der Waals surface area contributed by atoms with Crippen LogP contribution in [-0.4, -0.2) is 41.4 Å². The van der Waals surface area contributed by atoms with Crippen LogP contribution < -0.4 is 4.74 Å². The van der Waals surface area contributed by atoms with E-state index in [1.807, 2.05) is 18.2 Å². The molecule has 0 N–H and O–H groups in total. The zero-order valence-corrected chi connectivity index (χ0v) is 12.4. The molecule has 0 unspecified atom stereocenters. The molecule has 2 aliphatic heterocycles. The molecule has 3 heterocycles. The van der Waals surface area contributed by atoms with Gasteiger partial charge in [-0.1, -0.05) is 23.4 Å². The lowest BCUT2D eigenvalue weighted by atomic mass is 10.1. The molecule has 0 aliphatic carbocycles. The van der Waals surface area contributed by atoms with Gasteiger partial charge in [0.25, 0.3) is 0 Å². The quantitative estimate of drug-likeness (QED) is 0.864. The third kappa shape index (κ3) is 2.84. The molecule has 0 saturated carbocycles. The number of nitrogens with zero attached hydrogens (tertiary/aromatic N) is 3. The van der Waals surface area contributed by atoms with Gasteiger partial charge in [0, 0.05) is 31.2 Å². The zero-order valence-electron chi connectivity index (χ0n) is 12.4. The SMILES string of the molecule is c1ccc2c(c1)CN(Cc1nc([C@H]3CCOC3)no1)CCO2. The summed E-state index contributed by atoms with van der Waals surface area (Å²) < 4.78 is 16.6. The van der Waals surface area contributed by atoms with Crippen molar-refractivity contribution in [1.29, 1.82) is 0 Å². The van der Waals surface area contributed by atoms with E-state index in [9.17, 15) is 0 Å². The Hall–Kier alpha value is -1.92. The summed E-state index contributed by atoms with van der Waals surface area (Å²) >= 11 is 0. The van der Waals surface area contributed by atoms with Crippen molar-refractivity contribution in [3.05, 3.63) is 41.5 Å². The summed E-state index contributed by atoms with van der Waals surface area (Å²) in [7, 11) is 0. The Morgan fingerprint density at radius 2 is 2.18 bits per heavy atom. The highest BCUT2D eigenvalue weighted by atomic mass is 16.5. The second-order valence-electron chi connectivity index (χ2n) is 5.77. The minimum Gasteiger partial charge on any atom is -0.492 e. The topological polar surface area (TPSA) is 60.6 Å². The molecule has 0 amide bonds. The molecule has 0 bridgehead atoms. The molecular weight excluding hydrogens is 282 g/mol. The molecule has 2 aromatic rings. The number of aromatic nitrogens is 2. The fourth-order valence-corrected chi connectivity index (χ4v) is 2.94. The van der Waals surface area contributed by atoms with Crippen molar-refractivity contribution >= 4 is 0 Å². The van der Waals surface area contributed by atoms with Gasteiger partial charge >= 0.3 is 0 Å². The number of hydrogen-bond donors (Lipinski definition) is 0. The zero-order chi connectivity index (χ0) is 14.8. The molecular formula is C16H19N3O3. The standard InChI is InChI=1S/C16H19N3O3/c1-2-4-14-12(3-1)9-19(6-8-21-14)10-15-17-16(18-22-15)13-5-7-20-11-13/h1-4,13H,5-11H2/t13-/m0/s1. The minimum atomic E-state index is 0.283. The highest BCUT2D eigenvalue weighted by Crippen LogP contribution is 2.25. The van der Waals surface area contributed by atoms with Crippen molar-refractivity contribution in [2.75, 3.05) is 26.4 Å². The lowest BCUT2D eigenvalue weighted by molar-refractivity contribution is 0.192. The molecule has 1 atom stereocenters. The number of para-hydroxylation sites is 1. The van der Waals surface area contributed by atoms with Gasteiger partial charge in [-0.2, -0.15) is 4.98 Å². The Labute approximate surface area is 129 Å². The van der Waals surface area contributed by atoms with Crippen LogP contribution in [-0.2, 0) is 17.8 Å². The lowest BCUT2D eigenvalue weighted by Gasteiger charge is -2.16. The van der Waals surface area contributed by atoms with Crippen molar-refractivity contribution < 1.29 is 14.0 Å². The van der Waals surface area contributed by atoms with Crippen molar-refractivity contribution in [2.24, 2.45) is 0 Å². The predicted molar refractivity (Wildman–Crippen MR) is 78.5 cm³/mol. The summed E-state index contributed by atoms with van der Waals surface area (Å²) in [6.45, 7) is 4.49. The van der Waals surface area contributed by atoms with Crippen molar-refractivity contribution in [2.45, 2.75) is 25.4 Å². The van der Waals surface area contributed by atoms with Gasteiger partial charge in [-0.3, -0.25) is 4.90 Å². The van der Waals surface area contributed by atoms with E-state index >= 15 is 0 Å². The summed E-state index contributed by atoms with van der Waals surface area (Å²) in [5.41, 5.74) is 1.20. The van der Waals surface area contributed by atoms with E-state index in [-0.39, 0.29) is 5.92 Å². The summed E-state index contributed by atoms with van der Waals surface area (Å²) in [5.74, 6) is 2.70. The Bertz CT molecular complexity index is 637. The number of fused-ring (bicyclic) bond motifs is 1. The smallest absolute Gasteiger partial charge is 0.240 e. The lowest BCUT2D eigenvalue weighted by Crippen LogP contribution is -2.25. The van der Waals surface area contributed by atoms with Crippen LogP contribution in [0.3, 0.4) is 0 Å². The molecule has 22 heavy (non-hydrogen) atoms. The fraction of sp³-hybridized carbons (Fsp3) is 0.500. The van der Waals surface area contributed by atoms with Gasteiger partial charge in [0.1, 0.15) is 12.4 Å². The summed E-state index contributed by atoms with van der Waals surface area (Å²) in [6.07, 6.45) is 0.976. The van der Waals surface area contributed by atoms with Crippen LogP contribution in [0, 0.1) is 0 Å². The summed E-state index contributed by atoms with van der Waals surface area (Å²) in [4.78, 5) is 6.80. The second-order valence-corrected chi connectivity index (χ2v) is 5.77. The average Bonchev–Trinajstić information content (AvgIpc) is 3.16. The number of hydrogen-bond acceptors (Lipinski definition) is 6. The van der Waals surface area contributed by atoms with Gasteiger partial charge in [-0.05, 0) is 12.5 Å². The van der Waals surface area contributed by atoms with E-state index in [1.54, 1.807) is 0 Å². The second kappa shape index (κ2) is 6.06. The van der Waals surface area contributed by atoms with E-state index in [2.05, 4.69) is 21.1 Å². The molecule has 1 fully saturated rings. The summed E-state index contributed by atoms with van der Waals surface area (Å²) in [5, 5.41) is 4.11. The van der Waals surface area contributed by atoms with Crippen LogP contribution in [0.15, 0.2) is 28.8 Å². The number of benzene rings is 1. The Kier molecular flexibility index (Phi) is 3.78. The van der Waals surface area contributed by atoms with E-state index in [0.717, 1.165) is 37.7 Å². The van der Waals surface area contributed by atoms with Gasteiger partial charge in [0.15, 0.2) is 5.82 Å².